The van der Waals surface area contributed by atoms with Crippen LogP contribution in [0.2, 0.25) is 0 Å². The van der Waals surface area contributed by atoms with E-state index in [1.165, 1.54) is 6.07 Å². The lowest BCUT2D eigenvalue weighted by Gasteiger charge is -2.09. The van der Waals surface area contributed by atoms with Crippen molar-refractivity contribution in [1.29, 1.82) is 0 Å². The zero-order valence-corrected chi connectivity index (χ0v) is 11.5. The third-order valence-electron chi connectivity index (χ3n) is 2.42. The van der Waals surface area contributed by atoms with Crippen LogP contribution in [0.25, 0.3) is 0 Å². The molecule has 0 aromatic heterocycles. The van der Waals surface area contributed by atoms with Gasteiger partial charge in [0.05, 0.1) is 24.6 Å². The number of esters is 1. The first-order chi connectivity index (χ1) is 9.58. The number of carbonyl (C=O) groups excluding carboxylic acids is 1. The van der Waals surface area contributed by atoms with Crippen LogP contribution in [0.4, 0.5) is 11.4 Å². The number of nitrogens with zero attached hydrogens (tertiary/aromatic N) is 1. The highest BCUT2D eigenvalue weighted by molar-refractivity contribution is 5.70. The molecule has 1 aromatic carbocycles. The van der Waals surface area contributed by atoms with Gasteiger partial charge in [0, 0.05) is 24.4 Å². The summed E-state index contributed by atoms with van der Waals surface area (Å²) >= 11 is 0. The van der Waals surface area contributed by atoms with Gasteiger partial charge in [0.15, 0.2) is 5.75 Å². The van der Waals surface area contributed by atoms with Gasteiger partial charge in [0.2, 0.25) is 0 Å². The van der Waals surface area contributed by atoms with Gasteiger partial charge in [0.1, 0.15) is 0 Å². The van der Waals surface area contributed by atoms with Crippen molar-refractivity contribution in [2.75, 3.05) is 25.1 Å². The maximum Gasteiger partial charge on any atom is 0.311 e. The Morgan fingerprint density at radius 2 is 2.10 bits per heavy atom. The number of rotatable bonds is 8. The summed E-state index contributed by atoms with van der Waals surface area (Å²) < 4.78 is 10.0. The minimum absolute atomic E-state index is 0.0807. The Labute approximate surface area is 117 Å². The van der Waals surface area contributed by atoms with Gasteiger partial charge in [-0.2, -0.15) is 0 Å². The number of carbonyl (C=O) groups is 1. The molecule has 0 unspecified atom stereocenters. The predicted molar refractivity (Wildman–Crippen MR) is 74.0 cm³/mol. The summed E-state index contributed by atoms with van der Waals surface area (Å²) in [7, 11) is 0. The molecule has 0 bridgehead atoms. The van der Waals surface area contributed by atoms with Gasteiger partial charge in [-0.05, 0) is 19.9 Å². The number of anilines is 1. The van der Waals surface area contributed by atoms with E-state index in [0.29, 0.717) is 25.4 Å². The molecule has 7 nitrogen and oxygen atoms in total. The molecule has 110 valence electrons. The quantitative estimate of drug-likeness (QED) is 0.447. The average molecular weight is 282 g/mol. The van der Waals surface area contributed by atoms with E-state index >= 15 is 0 Å². The van der Waals surface area contributed by atoms with E-state index in [4.69, 9.17) is 9.47 Å². The summed E-state index contributed by atoms with van der Waals surface area (Å²) in [5, 5.41) is 13.8. The second-order valence-corrected chi connectivity index (χ2v) is 3.85. The lowest BCUT2D eigenvalue weighted by molar-refractivity contribution is -0.385. The van der Waals surface area contributed by atoms with Crippen LogP contribution in [0.1, 0.15) is 20.3 Å². The van der Waals surface area contributed by atoms with E-state index in [9.17, 15) is 14.9 Å². The fourth-order valence-corrected chi connectivity index (χ4v) is 1.59. The molecule has 0 heterocycles. The van der Waals surface area contributed by atoms with Crippen molar-refractivity contribution in [2.45, 2.75) is 20.3 Å². The van der Waals surface area contributed by atoms with Gasteiger partial charge in [-0.15, -0.1) is 0 Å². The van der Waals surface area contributed by atoms with Crippen LogP contribution in [-0.2, 0) is 9.53 Å². The van der Waals surface area contributed by atoms with Crippen molar-refractivity contribution >= 4 is 17.3 Å². The fourth-order valence-electron chi connectivity index (χ4n) is 1.59. The molecule has 0 aliphatic carbocycles. The van der Waals surface area contributed by atoms with Gasteiger partial charge < -0.3 is 14.8 Å². The molecule has 0 radical (unpaired) electrons. The molecule has 1 aromatic rings. The Morgan fingerprint density at radius 1 is 1.35 bits per heavy atom. The van der Waals surface area contributed by atoms with E-state index in [1.807, 2.05) is 0 Å². The highest BCUT2D eigenvalue weighted by Crippen LogP contribution is 2.29. The average Bonchev–Trinajstić information content (AvgIpc) is 2.39. The molecule has 20 heavy (non-hydrogen) atoms. The van der Waals surface area contributed by atoms with Crippen LogP contribution in [0.5, 0.6) is 5.75 Å². The first kappa shape index (κ1) is 15.7. The molecule has 1 N–H and O–H groups in total. The van der Waals surface area contributed by atoms with Gasteiger partial charge in [-0.1, -0.05) is 0 Å². The number of hydrogen-bond donors (Lipinski definition) is 1. The summed E-state index contributed by atoms with van der Waals surface area (Å²) in [4.78, 5) is 21.5. The SMILES string of the molecule is CCOC(=O)CCNc1ccc([N+](=O)[O-])c(OCC)c1. The van der Waals surface area contributed by atoms with E-state index in [2.05, 4.69) is 5.32 Å². The van der Waals surface area contributed by atoms with Gasteiger partial charge in [0.25, 0.3) is 0 Å². The summed E-state index contributed by atoms with van der Waals surface area (Å²) in [6.07, 6.45) is 0.231. The van der Waals surface area contributed by atoms with Crippen molar-refractivity contribution in [3.8, 4) is 5.75 Å². The molecule has 0 amide bonds. The van der Waals surface area contributed by atoms with E-state index < -0.39 is 4.92 Å². The molecule has 0 aliphatic heterocycles. The van der Waals surface area contributed by atoms with E-state index in [1.54, 1.807) is 26.0 Å². The number of nitro benzene ring substituents is 1. The van der Waals surface area contributed by atoms with Gasteiger partial charge in [-0.3, -0.25) is 14.9 Å². The van der Waals surface area contributed by atoms with Crippen molar-refractivity contribution in [3.05, 3.63) is 28.3 Å². The predicted octanol–water partition coefficient (Wildman–Crippen LogP) is 2.36. The Hall–Kier alpha value is -2.31. The lowest BCUT2D eigenvalue weighted by Crippen LogP contribution is -2.11. The summed E-state index contributed by atoms with van der Waals surface area (Å²) in [5.74, 6) is -0.0782. The second-order valence-electron chi connectivity index (χ2n) is 3.85. The fraction of sp³-hybridized carbons (Fsp3) is 0.462. The zero-order valence-electron chi connectivity index (χ0n) is 11.5. The van der Waals surface area contributed by atoms with Crippen molar-refractivity contribution < 1.29 is 19.2 Å². The number of nitrogens with one attached hydrogen (secondary N) is 1. The monoisotopic (exact) mass is 282 g/mol. The van der Waals surface area contributed by atoms with Crippen LogP contribution in [0.15, 0.2) is 18.2 Å². The Kier molecular flexibility index (Phi) is 6.28. The lowest BCUT2D eigenvalue weighted by atomic mass is 10.2. The Morgan fingerprint density at radius 3 is 2.70 bits per heavy atom. The van der Waals surface area contributed by atoms with Gasteiger partial charge in [-0.25, -0.2) is 0 Å². The smallest absolute Gasteiger partial charge is 0.311 e. The van der Waals surface area contributed by atoms with Crippen molar-refractivity contribution in [3.63, 3.8) is 0 Å². The summed E-state index contributed by atoms with van der Waals surface area (Å²) in [5.41, 5.74) is 0.575. The molecular weight excluding hydrogens is 264 g/mol. The molecule has 0 fully saturated rings. The normalized spacial score (nSPS) is 9.90. The second kappa shape index (κ2) is 7.98. The third kappa shape index (κ3) is 4.75. The summed E-state index contributed by atoms with van der Waals surface area (Å²) in [6, 6.07) is 4.50. The molecule has 0 saturated carbocycles. The molecule has 0 aliphatic rings. The number of ether oxygens (including phenoxy) is 2. The van der Waals surface area contributed by atoms with Crippen LogP contribution in [0.3, 0.4) is 0 Å². The Bertz CT molecular complexity index is 476. The highest BCUT2D eigenvalue weighted by Gasteiger charge is 2.15. The first-order valence-corrected chi connectivity index (χ1v) is 6.39. The maximum absolute atomic E-state index is 11.2. The van der Waals surface area contributed by atoms with Crippen LogP contribution in [-0.4, -0.2) is 30.7 Å². The molecule has 1 rings (SSSR count). The van der Waals surface area contributed by atoms with Crippen molar-refractivity contribution in [2.24, 2.45) is 0 Å². The van der Waals surface area contributed by atoms with Crippen LogP contribution < -0.4 is 10.1 Å². The van der Waals surface area contributed by atoms with Crippen LogP contribution in [0, 0.1) is 10.1 Å². The number of nitro groups is 1. The van der Waals surface area contributed by atoms with Crippen LogP contribution >= 0.6 is 0 Å². The third-order valence-corrected chi connectivity index (χ3v) is 2.42. The molecule has 7 heteroatoms. The molecular formula is C13H18N2O5. The first-order valence-electron chi connectivity index (χ1n) is 6.39. The highest BCUT2D eigenvalue weighted by atomic mass is 16.6. The summed E-state index contributed by atoms with van der Waals surface area (Å²) in [6.45, 7) is 4.58. The standard InChI is InChI=1S/C13H18N2O5/c1-3-19-12-9-10(5-6-11(12)15(17)18)14-8-7-13(16)20-4-2/h5-6,9,14H,3-4,7-8H2,1-2H3. The zero-order chi connectivity index (χ0) is 15.0. The number of hydrogen-bond acceptors (Lipinski definition) is 6. The van der Waals surface area contributed by atoms with E-state index in [-0.39, 0.29) is 23.8 Å². The minimum atomic E-state index is -0.493. The topological polar surface area (TPSA) is 90.7 Å². The van der Waals surface area contributed by atoms with E-state index in [0.717, 1.165) is 0 Å². The molecule has 0 atom stereocenters. The van der Waals surface area contributed by atoms with Gasteiger partial charge >= 0.3 is 11.7 Å². The minimum Gasteiger partial charge on any atom is -0.487 e. The number of benzene rings is 1. The Balaban J connectivity index is 2.65. The van der Waals surface area contributed by atoms with Crippen molar-refractivity contribution in [1.82, 2.24) is 0 Å². The largest absolute Gasteiger partial charge is 0.487 e. The maximum atomic E-state index is 11.2. The molecule has 0 spiro atoms. The molecule has 0 saturated heterocycles.